The van der Waals surface area contributed by atoms with Crippen LogP contribution in [0.5, 0.6) is 0 Å². The fraction of sp³-hybridized carbons (Fsp3) is 0.556. The molecule has 0 aromatic carbocycles. The van der Waals surface area contributed by atoms with Crippen LogP contribution in [0.15, 0.2) is 40.9 Å². The molecule has 0 aromatic heterocycles. The molecule has 6 atom stereocenters. The number of carbonyl (C=O) groups is 1. The fourth-order valence-corrected chi connectivity index (χ4v) is 8.22. The van der Waals surface area contributed by atoms with Crippen molar-refractivity contribution >= 4 is 20.2 Å². The molecule has 1 saturated heterocycles. The maximum Gasteiger partial charge on any atom is 0.236 e. The highest BCUT2D eigenvalue weighted by Crippen LogP contribution is 2.63. The zero-order chi connectivity index (χ0) is 25.9. The number of methoxy groups -OCH3 is 1. The first-order chi connectivity index (χ1) is 16.6. The van der Waals surface area contributed by atoms with Gasteiger partial charge in [0.05, 0.1) is 6.10 Å². The topological polar surface area (TPSA) is 97.7 Å². The molecule has 0 unspecified atom stereocenters. The minimum atomic E-state index is -2.18. The number of aliphatic hydroxyl groups is 1. The Balaban J connectivity index is 2.32. The van der Waals surface area contributed by atoms with Gasteiger partial charge < -0.3 is 19.0 Å². The first-order valence-corrected chi connectivity index (χ1v) is 14.5. The maximum absolute atomic E-state index is 12.6. The second-order valence-corrected chi connectivity index (χ2v) is 13.9. The van der Waals surface area contributed by atoms with Gasteiger partial charge in [-0.15, -0.1) is 0 Å². The molecule has 0 amide bonds. The Morgan fingerprint density at radius 1 is 1.23 bits per heavy atom. The van der Waals surface area contributed by atoms with E-state index in [0.29, 0.717) is 5.57 Å². The van der Waals surface area contributed by atoms with Crippen LogP contribution in [0.2, 0.25) is 18.1 Å². The molecular formula is C27H33NO6Si. The lowest BCUT2D eigenvalue weighted by atomic mass is 9.69. The summed E-state index contributed by atoms with van der Waals surface area (Å²) in [5, 5.41) is 11.5. The summed E-state index contributed by atoms with van der Waals surface area (Å²) >= 11 is 0. The molecule has 0 radical (unpaired) electrons. The summed E-state index contributed by atoms with van der Waals surface area (Å²) in [5.74, 6) is 11.2. The lowest BCUT2D eigenvalue weighted by Crippen LogP contribution is -2.57. The molecular weight excluding hydrogens is 462 g/mol. The van der Waals surface area contributed by atoms with Gasteiger partial charge in [-0.3, -0.25) is 4.79 Å². The average molecular weight is 496 g/mol. The Morgan fingerprint density at radius 2 is 1.86 bits per heavy atom. The van der Waals surface area contributed by atoms with Crippen molar-refractivity contribution in [3.05, 3.63) is 36.0 Å². The number of hydrogen-bond acceptors (Lipinski definition) is 7. The van der Waals surface area contributed by atoms with E-state index in [9.17, 15) is 14.7 Å². The molecule has 2 aliphatic carbocycles. The van der Waals surface area contributed by atoms with E-state index in [2.05, 4.69) is 49.4 Å². The van der Waals surface area contributed by atoms with E-state index in [1.165, 1.54) is 31.4 Å². The number of rotatable bonds is 9. The minimum absolute atomic E-state index is 0.278. The van der Waals surface area contributed by atoms with E-state index in [1.54, 1.807) is 19.1 Å². The van der Waals surface area contributed by atoms with Gasteiger partial charge in [0.25, 0.3) is 0 Å². The number of nitrogens with zero attached hydrogens (tertiary/aromatic N) is 1. The standard InChI is InChI=1S/C27H33NO6Si/c1-7-35(8-2,9-3)33-20(4)26-23(28-19-29)14-12-10-11-13-15-24(31)27(26,34-26)22-18-21(30)16-17-25(22,5)32-6/h10-11,16-18,20,23-24,31H,7-9H2,1-6H3/b11-10-/t20-,23+,24-,25+,26+,27+/m1/s1. The summed E-state index contributed by atoms with van der Waals surface area (Å²) in [6.07, 6.45) is 7.06. The van der Waals surface area contributed by atoms with E-state index >= 15 is 0 Å². The van der Waals surface area contributed by atoms with Crippen LogP contribution in [-0.2, 0) is 23.5 Å². The monoisotopic (exact) mass is 495 g/mol. The van der Waals surface area contributed by atoms with E-state index in [4.69, 9.17) is 13.9 Å². The molecule has 1 aliphatic heterocycles. The summed E-state index contributed by atoms with van der Waals surface area (Å²) in [7, 11) is -0.669. The molecule has 186 valence electrons. The summed E-state index contributed by atoms with van der Waals surface area (Å²) in [5.41, 5.74) is -3.68. The van der Waals surface area contributed by atoms with Crippen molar-refractivity contribution in [2.24, 2.45) is 4.99 Å². The molecule has 0 aromatic rings. The molecule has 3 aliphatic rings. The Kier molecular flexibility index (Phi) is 7.88. The third kappa shape index (κ3) is 4.32. The molecule has 0 saturated carbocycles. The number of carbonyl (C=O) groups excluding carboxylic acids is 2. The maximum atomic E-state index is 12.6. The molecule has 8 heteroatoms. The number of hydrogen-bond donors (Lipinski definition) is 1. The third-order valence-corrected chi connectivity index (χ3v) is 12.4. The first kappa shape index (κ1) is 27.0. The number of ether oxygens (including phenoxy) is 2. The first-order valence-electron chi connectivity index (χ1n) is 12.0. The second kappa shape index (κ2) is 10.2. The summed E-state index contributed by atoms with van der Waals surface area (Å²) in [4.78, 5) is 28.1. The molecule has 7 nitrogen and oxygen atoms in total. The van der Waals surface area contributed by atoms with Crippen LogP contribution >= 0.6 is 0 Å². The Labute approximate surface area is 208 Å². The number of allylic oxidation sites excluding steroid dienone is 4. The summed E-state index contributed by atoms with van der Waals surface area (Å²) in [6.45, 7) is 9.96. The molecule has 1 fully saturated rings. The number of aliphatic imine (C=N–C) groups is 1. The van der Waals surface area contributed by atoms with E-state index in [1.807, 2.05) is 6.92 Å². The molecule has 35 heavy (non-hydrogen) atoms. The van der Waals surface area contributed by atoms with Crippen molar-refractivity contribution in [3.8, 4) is 23.7 Å². The van der Waals surface area contributed by atoms with E-state index in [-0.39, 0.29) is 5.78 Å². The third-order valence-electron chi connectivity index (χ3n) is 7.71. The number of ketones is 1. The van der Waals surface area contributed by atoms with Crippen LogP contribution in [0, 0.1) is 23.7 Å². The van der Waals surface area contributed by atoms with Gasteiger partial charge in [0.15, 0.2) is 37.4 Å². The van der Waals surface area contributed by atoms with Crippen LogP contribution in [-0.4, -0.2) is 67.4 Å². The van der Waals surface area contributed by atoms with Gasteiger partial charge in [0.1, 0.15) is 5.60 Å². The fourth-order valence-electron chi connectivity index (χ4n) is 5.30. The number of aliphatic hydroxyl groups excluding tert-OH is 1. The summed E-state index contributed by atoms with van der Waals surface area (Å²) in [6, 6.07) is 1.61. The van der Waals surface area contributed by atoms with Crippen LogP contribution in [0.4, 0.5) is 0 Å². The van der Waals surface area contributed by atoms with Gasteiger partial charge in [-0.05, 0) is 62.4 Å². The lowest BCUT2D eigenvalue weighted by molar-refractivity contribution is -0.111. The SMILES string of the molecule is CC[Si](CC)(CC)O[C@H](C)[C@@]12O[C@@]1(C1=CC(=O)C=C[C@]1(C)OC)[C@H](O)C#C/C=C\C#C[C@@H]2N=C=O. The number of isocyanates is 1. The van der Waals surface area contributed by atoms with Gasteiger partial charge >= 0.3 is 0 Å². The van der Waals surface area contributed by atoms with Crippen molar-refractivity contribution in [2.45, 2.75) is 87.8 Å². The Morgan fingerprint density at radius 3 is 2.43 bits per heavy atom. The van der Waals surface area contributed by atoms with Crippen LogP contribution in [0.1, 0.15) is 34.6 Å². The Bertz CT molecular complexity index is 1120. The largest absolute Gasteiger partial charge is 0.411 e. The van der Waals surface area contributed by atoms with Gasteiger partial charge in [0.2, 0.25) is 6.08 Å². The predicted octanol–water partition coefficient (Wildman–Crippen LogP) is 3.02. The van der Waals surface area contributed by atoms with Crippen molar-refractivity contribution in [2.75, 3.05) is 7.11 Å². The zero-order valence-corrected chi connectivity index (χ0v) is 22.2. The summed E-state index contributed by atoms with van der Waals surface area (Å²) < 4.78 is 19.2. The van der Waals surface area contributed by atoms with E-state index < -0.39 is 43.4 Å². The quantitative estimate of drug-likeness (QED) is 0.174. The molecule has 3 rings (SSSR count). The smallest absolute Gasteiger partial charge is 0.236 e. The van der Waals surface area contributed by atoms with Gasteiger partial charge in [0, 0.05) is 12.7 Å². The highest BCUT2D eigenvalue weighted by molar-refractivity contribution is 6.73. The molecule has 0 bridgehead atoms. The Hall–Kier alpha value is -2.55. The van der Waals surface area contributed by atoms with Crippen LogP contribution < -0.4 is 0 Å². The minimum Gasteiger partial charge on any atom is -0.411 e. The second-order valence-electron chi connectivity index (χ2n) is 9.18. The predicted molar refractivity (Wildman–Crippen MR) is 135 cm³/mol. The normalized spacial score (nSPS) is 35.2. The lowest BCUT2D eigenvalue weighted by Gasteiger charge is -2.40. The van der Waals surface area contributed by atoms with Crippen molar-refractivity contribution < 1.29 is 28.6 Å². The molecule has 1 heterocycles. The van der Waals surface area contributed by atoms with Gasteiger partial charge in [-0.25, -0.2) is 4.79 Å². The van der Waals surface area contributed by atoms with E-state index in [0.717, 1.165) is 18.1 Å². The highest BCUT2D eigenvalue weighted by atomic mass is 28.4. The highest BCUT2D eigenvalue weighted by Gasteiger charge is 2.82. The van der Waals surface area contributed by atoms with Crippen LogP contribution in [0.3, 0.4) is 0 Å². The van der Waals surface area contributed by atoms with Crippen molar-refractivity contribution in [3.63, 3.8) is 0 Å². The zero-order valence-electron chi connectivity index (χ0n) is 21.2. The molecule has 1 N–H and O–H groups in total. The molecule has 0 spiro atoms. The van der Waals surface area contributed by atoms with Crippen molar-refractivity contribution in [1.29, 1.82) is 0 Å². The van der Waals surface area contributed by atoms with Gasteiger partial charge in [-0.2, -0.15) is 4.99 Å². The number of epoxide rings is 1. The van der Waals surface area contributed by atoms with Crippen molar-refractivity contribution in [1.82, 2.24) is 0 Å². The number of fused-ring (bicyclic) bond motifs is 1. The average Bonchev–Trinajstić information content (AvgIpc) is 3.57. The van der Waals surface area contributed by atoms with Crippen LogP contribution in [0.25, 0.3) is 0 Å². The van der Waals surface area contributed by atoms with Gasteiger partial charge in [-0.1, -0.05) is 44.5 Å².